The molecule has 0 aromatic heterocycles. The second-order valence-corrected chi connectivity index (χ2v) is 12.6. The highest BCUT2D eigenvalue weighted by Gasteiger charge is 2.59. The van der Waals surface area contributed by atoms with E-state index in [2.05, 4.69) is 51.2 Å². The number of oxime groups is 1. The molecule has 0 aromatic rings. The van der Waals surface area contributed by atoms with Gasteiger partial charge in [-0.15, -0.1) is 0 Å². The van der Waals surface area contributed by atoms with Crippen molar-refractivity contribution in [3.05, 3.63) is 11.6 Å². The van der Waals surface area contributed by atoms with Gasteiger partial charge < -0.3 is 15.3 Å². The third-order valence-electron chi connectivity index (χ3n) is 10.4. The number of fused-ring (bicyclic) bond motifs is 5. The lowest BCUT2D eigenvalue weighted by molar-refractivity contribution is -0.0479. The molecule has 0 aliphatic heterocycles. The number of carbonyl (C=O) groups excluding carboxylic acids is 1. The zero-order chi connectivity index (χ0) is 25.4. The van der Waals surface area contributed by atoms with Crippen molar-refractivity contribution in [1.29, 1.82) is 0 Å². The lowest BCUT2D eigenvalue weighted by Crippen LogP contribution is -2.51. The lowest BCUT2D eigenvalue weighted by Gasteiger charge is -2.58. The zero-order valence-corrected chi connectivity index (χ0v) is 23.0. The molecule has 0 spiro atoms. The van der Waals surface area contributed by atoms with Crippen LogP contribution >= 0.6 is 0 Å². The number of likely N-dealkylation sites (N-methyl/N-ethyl adjacent to an activating group) is 1. The first-order chi connectivity index (χ1) is 16.6. The van der Waals surface area contributed by atoms with E-state index in [1.807, 2.05) is 6.92 Å². The van der Waals surface area contributed by atoms with E-state index >= 15 is 0 Å². The summed E-state index contributed by atoms with van der Waals surface area (Å²) in [5.41, 5.74) is 3.03. The van der Waals surface area contributed by atoms with Gasteiger partial charge in [0.05, 0.1) is 11.8 Å². The molecule has 6 heteroatoms. The monoisotopic (exact) mass is 487 g/mol. The summed E-state index contributed by atoms with van der Waals surface area (Å²) in [5.74, 6) is 2.60. The van der Waals surface area contributed by atoms with Gasteiger partial charge in [-0.2, -0.15) is 0 Å². The van der Waals surface area contributed by atoms with E-state index in [1.165, 1.54) is 31.3 Å². The number of carbonyl (C=O) groups is 1. The summed E-state index contributed by atoms with van der Waals surface area (Å²) in [4.78, 5) is 19.8. The molecule has 7 atom stereocenters. The van der Waals surface area contributed by atoms with E-state index < -0.39 is 0 Å². The van der Waals surface area contributed by atoms with E-state index in [-0.39, 0.29) is 23.0 Å². The fourth-order valence-corrected chi connectivity index (χ4v) is 8.50. The van der Waals surface area contributed by atoms with Crippen molar-refractivity contribution in [2.75, 3.05) is 19.6 Å². The molecule has 3 fully saturated rings. The number of nitrogens with zero attached hydrogens (tertiary/aromatic N) is 2. The topological polar surface area (TPSA) is 74.2 Å². The third kappa shape index (κ3) is 5.07. The van der Waals surface area contributed by atoms with Crippen LogP contribution in [0.2, 0.25) is 0 Å². The van der Waals surface area contributed by atoms with Gasteiger partial charge in [-0.3, -0.25) is 4.84 Å². The summed E-state index contributed by atoms with van der Waals surface area (Å²) < 4.78 is 0. The van der Waals surface area contributed by atoms with Gasteiger partial charge in [-0.05, 0) is 93.8 Å². The highest BCUT2D eigenvalue weighted by molar-refractivity contribution is 5.85. The van der Waals surface area contributed by atoms with Crippen LogP contribution in [0.4, 0.5) is 4.79 Å². The van der Waals surface area contributed by atoms with Crippen molar-refractivity contribution in [2.24, 2.45) is 39.7 Å². The Morgan fingerprint density at radius 2 is 1.97 bits per heavy atom. The Kier molecular flexibility index (Phi) is 8.02. The summed E-state index contributed by atoms with van der Waals surface area (Å²) in [6.45, 7) is 15.2. The maximum absolute atomic E-state index is 12.7. The van der Waals surface area contributed by atoms with Gasteiger partial charge in [-0.25, -0.2) is 4.79 Å². The van der Waals surface area contributed by atoms with Crippen molar-refractivity contribution in [3.63, 3.8) is 0 Å². The summed E-state index contributed by atoms with van der Waals surface area (Å²) in [6, 6.07) is 0.398. The molecule has 35 heavy (non-hydrogen) atoms. The Morgan fingerprint density at radius 3 is 2.69 bits per heavy atom. The number of aliphatic hydroxyl groups excluding tert-OH is 1. The molecule has 0 saturated heterocycles. The van der Waals surface area contributed by atoms with Crippen molar-refractivity contribution in [1.82, 2.24) is 10.2 Å². The number of hydrogen-bond acceptors (Lipinski definition) is 5. The van der Waals surface area contributed by atoms with Crippen LogP contribution in [-0.4, -0.2) is 53.6 Å². The van der Waals surface area contributed by atoms with Crippen molar-refractivity contribution >= 4 is 11.8 Å². The molecule has 0 heterocycles. The minimum absolute atomic E-state index is 0.235. The number of nitrogens with one attached hydrogen (secondary N) is 1. The molecule has 4 aliphatic rings. The Balaban J connectivity index is 1.41. The predicted molar refractivity (Wildman–Crippen MR) is 141 cm³/mol. The van der Waals surface area contributed by atoms with E-state index in [4.69, 9.17) is 4.84 Å². The Bertz CT molecular complexity index is 839. The molecule has 0 unspecified atom stereocenters. The summed E-state index contributed by atoms with van der Waals surface area (Å²) in [6.07, 6.45) is 10.9. The fourth-order valence-electron chi connectivity index (χ4n) is 8.50. The number of amides is 1. The molecular formula is C29H49N3O3. The van der Waals surface area contributed by atoms with E-state index in [9.17, 15) is 9.90 Å². The minimum Gasteiger partial charge on any atom is -0.389 e. The first kappa shape index (κ1) is 26.7. The van der Waals surface area contributed by atoms with Gasteiger partial charge in [-0.1, -0.05) is 44.5 Å². The van der Waals surface area contributed by atoms with Gasteiger partial charge in [0.2, 0.25) is 0 Å². The summed E-state index contributed by atoms with van der Waals surface area (Å²) >= 11 is 0. The van der Waals surface area contributed by atoms with E-state index in [1.54, 1.807) is 4.90 Å². The highest BCUT2D eigenvalue weighted by Crippen LogP contribution is 2.66. The molecule has 4 rings (SSSR count). The molecule has 2 N–H and O–H groups in total. The van der Waals surface area contributed by atoms with E-state index in [0.717, 1.165) is 49.8 Å². The maximum atomic E-state index is 12.7. The average molecular weight is 488 g/mol. The van der Waals surface area contributed by atoms with Gasteiger partial charge in [0.1, 0.15) is 0 Å². The Morgan fingerprint density at radius 1 is 1.20 bits per heavy atom. The van der Waals surface area contributed by atoms with Crippen LogP contribution in [-0.2, 0) is 4.84 Å². The SMILES string of the molecule is CCN(CCNC(C)C)C(=O)O/N=C(\C)[C@H]1CC[C@H]2[C@@H]3CCC4=C[C@@H](O)CC[C@]4(C)[C@H]3CC[C@]12C. The van der Waals surface area contributed by atoms with Gasteiger partial charge in [0.15, 0.2) is 0 Å². The molecule has 3 saturated carbocycles. The lowest BCUT2D eigenvalue weighted by atomic mass is 9.46. The molecule has 1 amide bonds. The fraction of sp³-hybridized carbons (Fsp3) is 0.862. The second-order valence-electron chi connectivity index (χ2n) is 12.6. The van der Waals surface area contributed by atoms with Crippen LogP contribution in [0.5, 0.6) is 0 Å². The molecule has 4 aliphatic carbocycles. The van der Waals surface area contributed by atoms with Crippen molar-refractivity contribution in [2.45, 2.75) is 105 Å². The maximum Gasteiger partial charge on any atom is 0.436 e. The first-order valence-corrected chi connectivity index (χ1v) is 14.2. The molecule has 0 radical (unpaired) electrons. The largest absolute Gasteiger partial charge is 0.436 e. The Labute approximate surface area is 212 Å². The van der Waals surface area contributed by atoms with Crippen LogP contribution in [0, 0.1) is 34.5 Å². The Hall–Kier alpha value is -1.40. The molecule has 198 valence electrons. The number of allylic oxidation sites excluding steroid dienone is 1. The number of hydrogen-bond donors (Lipinski definition) is 2. The normalized spacial score (nSPS) is 38.9. The van der Waals surface area contributed by atoms with Crippen LogP contribution < -0.4 is 5.32 Å². The quantitative estimate of drug-likeness (QED) is 0.207. The average Bonchev–Trinajstić information content (AvgIpc) is 3.17. The third-order valence-corrected chi connectivity index (χ3v) is 10.4. The summed E-state index contributed by atoms with van der Waals surface area (Å²) in [5, 5.41) is 18.0. The second kappa shape index (κ2) is 10.5. The van der Waals surface area contributed by atoms with Crippen molar-refractivity contribution in [3.8, 4) is 0 Å². The van der Waals surface area contributed by atoms with Crippen molar-refractivity contribution < 1.29 is 14.7 Å². The van der Waals surface area contributed by atoms with Gasteiger partial charge >= 0.3 is 6.09 Å². The number of aliphatic hydroxyl groups is 1. The molecule has 0 aromatic carbocycles. The molecule has 6 nitrogen and oxygen atoms in total. The highest BCUT2D eigenvalue weighted by atomic mass is 16.7. The number of rotatable bonds is 7. The molecular weight excluding hydrogens is 438 g/mol. The minimum atomic E-state index is -0.347. The zero-order valence-electron chi connectivity index (χ0n) is 23.0. The summed E-state index contributed by atoms with van der Waals surface area (Å²) in [7, 11) is 0. The van der Waals surface area contributed by atoms with Crippen LogP contribution in [0.25, 0.3) is 0 Å². The van der Waals surface area contributed by atoms with Crippen LogP contribution in [0.1, 0.15) is 92.9 Å². The van der Waals surface area contributed by atoms with Gasteiger partial charge in [0, 0.05) is 31.6 Å². The molecule has 0 bridgehead atoms. The van der Waals surface area contributed by atoms with Crippen LogP contribution in [0.3, 0.4) is 0 Å². The first-order valence-electron chi connectivity index (χ1n) is 14.2. The standard InChI is InChI=1S/C29H49N3O3/c1-7-32(17-16-30-19(2)3)27(34)35-31-20(4)24-10-11-25-23-9-8-21-18-22(33)12-14-28(21,5)26(23)13-15-29(24,25)6/h18-19,22-26,30,33H,7-17H2,1-6H3/b31-20+/t22-,23-,24+,25-,26-,28-,29+/m0/s1. The van der Waals surface area contributed by atoms with E-state index in [0.29, 0.717) is 31.0 Å². The van der Waals surface area contributed by atoms with Gasteiger partial charge in [0.25, 0.3) is 0 Å². The van der Waals surface area contributed by atoms with Crippen LogP contribution in [0.15, 0.2) is 16.8 Å². The predicted octanol–water partition coefficient (Wildman–Crippen LogP) is 5.76. The smallest absolute Gasteiger partial charge is 0.389 e.